The first-order chi connectivity index (χ1) is 14.2. The van der Waals surface area contributed by atoms with Crippen LogP contribution in [0.15, 0.2) is 54.6 Å². The Morgan fingerprint density at radius 2 is 1.76 bits per heavy atom. The Kier molecular flexibility index (Phi) is 5.94. The molecular formula is C23H27N3O3. The van der Waals surface area contributed by atoms with E-state index < -0.39 is 12.9 Å². The van der Waals surface area contributed by atoms with Gasteiger partial charge in [-0.1, -0.05) is 31.2 Å². The number of hydrogen-bond acceptors (Lipinski definition) is 6. The van der Waals surface area contributed by atoms with Crippen LogP contribution in [0.3, 0.4) is 0 Å². The number of ether oxygens (including phenoxy) is 1. The van der Waals surface area contributed by atoms with Crippen LogP contribution in [0, 0.1) is 0 Å². The summed E-state index contributed by atoms with van der Waals surface area (Å²) in [5, 5.41) is 20.7. The molecule has 0 saturated carbocycles. The van der Waals surface area contributed by atoms with Gasteiger partial charge in [-0.15, -0.1) is 0 Å². The van der Waals surface area contributed by atoms with Crippen molar-refractivity contribution < 1.29 is 14.9 Å². The average molecular weight is 393 g/mol. The molecule has 1 unspecified atom stereocenters. The monoisotopic (exact) mass is 393 g/mol. The van der Waals surface area contributed by atoms with E-state index in [1.165, 1.54) is 10.8 Å². The number of anilines is 1. The van der Waals surface area contributed by atoms with Gasteiger partial charge in [-0.05, 0) is 42.3 Å². The molecule has 0 amide bonds. The lowest BCUT2D eigenvalue weighted by atomic mass is 10.1. The molecule has 0 spiro atoms. The summed E-state index contributed by atoms with van der Waals surface area (Å²) in [7, 11) is 0. The molecule has 1 atom stereocenters. The largest absolute Gasteiger partial charge is 0.463 e. The molecule has 1 aliphatic heterocycles. The molecule has 2 aromatic carbocycles. The van der Waals surface area contributed by atoms with Crippen LogP contribution in [0.25, 0.3) is 22.0 Å². The molecule has 152 valence electrons. The molecule has 1 fully saturated rings. The third-order valence-corrected chi connectivity index (χ3v) is 5.42. The van der Waals surface area contributed by atoms with Crippen molar-refractivity contribution in [1.29, 1.82) is 0 Å². The summed E-state index contributed by atoms with van der Waals surface area (Å²) in [6.07, 6.45) is -1.21. The van der Waals surface area contributed by atoms with E-state index in [0.717, 1.165) is 49.8 Å². The second kappa shape index (κ2) is 8.78. The van der Waals surface area contributed by atoms with Crippen molar-refractivity contribution in [2.24, 2.45) is 0 Å². The third-order valence-electron chi connectivity index (χ3n) is 5.42. The molecule has 29 heavy (non-hydrogen) atoms. The zero-order valence-corrected chi connectivity index (χ0v) is 16.7. The average Bonchev–Trinajstić information content (AvgIpc) is 2.79. The van der Waals surface area contributed by atoms with E-state index in [9.17, 15) is 5.11 Å². The van der Waals surface area contributed by atoms with Gasteiger partial charge in [-0.2, -0.15) is 0 Å². The molecule has 6 heteroatoms. The van der Waals surface area contributed by atoms with Crippen molar-refractivity contribution in [3.05, 3.63) is 54.6 Å². The lowest BCUT2D eigenvalue weighted by molar-refractivity contribution is -0.0548. The number of hydrogen-bond donors (Lipinski definition) is 2. The number of benzene rings is 2. The fourth-order valence-electron chi connectivity index (χ4n) is 3.74. The van der Waals surface area contributed by atoms with Crippen molar-refractivity contribution in [2.75, 3.05) is 44.2 Å². The van der Waals surface area contributed by atoms with E-state index in [-0.39, 0.29) is 0 Å². The van der Waals surface area contributed by atoms with Crippen LogP contribution in [-0.4, -0.2) is 65.7 Å². The number of piperazine rings is 1. The fourth-order valence-corrected chi connectivity index (χ4v) is 3.74. The molecule has 1 aromatic heterocycles. The van der Waals surface area contributed by atoms with Gasteiger partial charge in [0.05, 0.1) is 5.69 Å². The second-order valence-corrected chi connectivity index (χ2v) is 7.25. The minimum absolute atomic E-state index is 0.442. The maximum Gasteiger partial charge on any atom is 0.220 e. The van der Waals surface area contributed by atoms with Crippen LogP contribution < -0.4 is 9.64 Å². The van der Waals surface area contributed by atoms with Crippen LogP contribution >= 0.6 is 0 Å². The number of rotatable bonds is 6. The first-order valence-corrected chi connectivity index (χ1v) is 10.1. The van der Waals surface area contributed by atoms with Gasteiger partial charge in [0.2, 0.25) is 6.29 Å². The van der Waals surface area contributed by atoms with Gasteiger partial charge in [0.1, 0.15) is 18.2 Å². The van der Waals surface area contributed by atoms with Gasteiger partial charge >= 0.3 is 0 Å². The Morgan fingerprint density at radius 3 is 2.45 bits per heavy atom. The van der Waals surface area contributed by atoms with E-state index in [0.29, 0.717) is 5.75 Å². The lowest BCUT2D eigenvalue weighted by Gasteiger charge is -2.35. The van der Waals surface area contributed by atoms with Gasteiger partial charge in [0.25, 0.3) is 0 Å². The Balaban J connectivity index is 1.67. The predicted octanol–water partition coefficient (Wildman–Crippen LogP) is 2.73. The fraction of sp³-hybridized carbons (Fsp3) is 0.348. The van der Waals surface area contributed by atoms with Crippen molar-refractivity contribution in [3.8, 4) is 17.0 Å². The molecule has 1 aliphatic rings. The van der Waals surface area contributed by atoms with Crippen molar-refractivity contribution in [1.82, 2.24) is 9.88 Å². The van der Waals surface area contributed by atoms with E-state index >= 15 is 0 Å². The highest BCUT2D eigenvalue weighted by molar-refractivity contribution is 5.95. The van der Waals surface area contributed by atoms with Crippen molar-refractivity contribution in [2.45, 2.75) is 13.2 Å². The number of aromatic nitrogens is 1. The second-order valence-electron chi connectivity index (χ2n) is 7.25. The third kappa shape index (κ3) is 4.34. The van der Waals surface area contributed by atoms with Crippen molar-refractivity contribution >= 4 is 16.6 Å². The van der Waals surface area contributed by atoms with Crippen LogP contribution in [0.1, 0.15) is 6.92 Å². The lowest BCUT2D eigenvalue weighted by Crippen LogP contribution is -2.46. The number of likely N-dealkylation sites (N-methyl/N-ethyl adjacent to an activating group) is 1. The SMILES string of the molecule is CCN1CCN(c2nc(-c3ccc(OC(O)CO)cc3)cc3ccccc23)CC1. The summed E-state index contributed by atoms with van der Waals surface area (Å²) in [5.41, 5.74) is 1.89. The Hall–Kier alpha value is -2.67. The molecule has 1 saturated heterocycles. The van der Waals surface area contributed by atoms with E-state index in [1.807, 2.05) is 12.1 Å². The summed E-state index contributed by atoms with van der Waals surface area (Å²) in [5.74, 6) is 1.54. The van der Waals surface area contributed by atoms with Gasteiger partial charge in [-0.3, -0.25) is 0 Å². The van der Waals surface area contributed by atoms with E-state index in [1.54, 1.807) is 12.1 Å². The highest BCUT2D eigenvalue weighted by Crippen LogP contribution is 2.31. The molecule has 4 rings (SSSR count). The smallest absolute Gasteiger partial charge is 0.220 e. The summed E-state index contributed by atoms with van der Waals surface area (Å²) < 4.78 is 5.24. The standard InChI is InChI=1S/C23H27N3O3/c1-2-25-11-13-26(14-12-25)23-20-6-4-3-5-18(20)15-21(24-23)17-7-9-19(10-8-17)29-22(28)16-27/h3-10,15,22,27-28H,2,11-14,16H2,1H3. The van der Waals surface area contributed by atoms with Crippen LogP contribution in [0.4, 0.5) is 5.82 Å². The molecule has 2 N–H and O–H groups in total. The molecule has 3 aromatic rings. The molecule has 6 nitrogen and oxygen atoms in total. The van der Waals surface area contributed by atoms with Gasteiger partial charge < -0.3 is 24.7 Å². The Labute approximate surface area is 171 Å². The minimum Gasteiger partial charge on any atom is -0.463 e. The molecule has 2 heterocycles. The summed E-state index contributed by atoms with van der Waals surface area (Å²) in [4.78, 5) is 9.87. The Morgan fingerprint density at radius 1 is 1.03 bits per heavy atom. The number of pyridine rings is 1. The maximum atomic E-state index is 9.44. The first-order valence-electron chi connectivity index (χ1n) is 10.1. The first kappa shape index (κ1) is 19.6. The number of aliphatic hydroxyl groups excluding tert-OH is 2. The highest BCUT2D eigenvalue weighted by atomic mass is 16.6. The minimum atomic E-state index is -1.21. The van der Waals surface area contributed by atoms with Gasteiger partial charge in [0.15, 0.2) is 0 Å². The van der Waals surface area contributed by atoms with Gasteiger partial charge in [-0.25, -0.2) is 4.98 Å². The quantitative estimate of drug-likeness (QED) is 0.628. The summed E-state index contributed by atoms with van der Waals surface area (Å²) >= 11 is 0. The zero-order chi connectivity index (χ0) is 20.2. The van der Waals surface area contributed by atoms with Crippen LogP contribution in [0.5, 0.6) is 5.75 Å². The summed E-state index contributed by atoms with van der Waals surface area (Å²) in [6.45, 7) is 6.90. The Bertz CT molecular complexity index is 953. The number of aliphatic hydroxyl groups is 2. The van der Waals surface area contributed by atoms with Crippen LogP contribution in [0.2, 0.25) is 0 Å². The van der Waals surface area contributed by atoms with Crippen LogP contribution in [-0.2, 0) is 0 Å². The number of nitrogens with zero attached hydrogens (tertiary/aromatic N) is 3. The topological polar surface area (TPSA) is 69.1 Å². The van der Waals surface area contributed by atoms with E-state index in [2.05, 4.69) is 47.1 Å². The van der Waals surface area contributed by atoms with E-state index in [4.69, 9.17) is 14.8 Å². The summed E-state index contributed by atoms with van der Waals surface area (Å²) in [6, 6.07) is 17.9. The molecular weight excluding hydrogens is 366 g/mol. The normalized spacial score (nSPS) is 16.2. The number of fused-ring (bicyclic) bond motifs is 1. The zero-order valence-electron chi connectivity index (χ0n) is 16.7. The molecule has 0 radical (unpaired) electrons. The predicted molar refractivity (Wildman–Crippen MR) is 115 cm³/mol. The highest BCUT2D eigenvalue weighted by Gasteiger charge is 2.19. The molecule has 0 bridgehead atoms. The van der Waals surface area contributed by atoms with Gasteiger partial charge in [0, 0.05) is 37.1 Å². The van der Waals surface area contributed by atoms with Crippen molar-refractivity contribution in [3.63, 3.8) is 0 Å². The maximum absolute atomic E-state index is 9.44. The molecule has 0 aliphatic carbocycles.